The molecule has 0 radical (unpaired) electrons. The lowest BCUT2D eigenvalue weighted by molar-refractivity contribution is -0.180. The fraction of sp³-hybridized carbons (Fsp3) is 0.318. The second-order valence-electron chi connectivity index (χ2n) is 7.44. The number of rotatable bonds is 7. The lowest BCUT2D eigenvalue weighted by Gasteiger charge is -2.34. The summed E-state index contributed by atoms with van der Waals surface area (Å²) in [5.41, 5.74) is 1.52. The Balaban J connectivity index is 1.46. The summed E-state index contributed by atoms with van der Waals surface area (Å²) in [5.74, 6) is 0.625. The van der Waals surface area contributed by atoms with Gasteiger partial charge in [-0.3, -0.25) is 14.3 Å². The van der Waals surface area contributed by atoms with Gasteiger partial charge in [0.25, 0.3) is 0 Å². The maximum absolute atomic E-state index is 11.1. The van der Waals surface area contributed by atoms with Gasteiger partial charge in [-0.15, -0.1) is 0 Å². The van der Waals surface area contributed by atoms with Crippen LogP contribution in [-0.2, 0) is 21.7 Å². The Morgan fingerprint density at radius 3 is 2.67 bits per heavy atom. The monoisotopic (exact) mass is 407 g/mol. The summed E-state index contributed by atoms with van der Waals surface area (Å²) in [6.45, 7) is 2.52. The van der Waals surface area contributed by atoms with Crippen LogP contribution in [0.3, 0.4) is 0 Å². The topological polar surface area (TPSA) is 81.5 Å². The van der Waals surface area contributed by atoms with Crippen molar-refractivity contribution in [3.63, 3.8) is 0 Å². The van der Waals surface area contributed by atoms with Gasteiger partial charge in [-0.2, -0.15) is 10.2 Å². The number of likely N-dealkylation sites (N-methyl/N-ethyl adjacent to an activating group) is 1. The smallest absolute Gasteiger partial charge is 0.221 e. The van der Waals surface area contributed by atoms with Crippen LogP contribution in [-0.4, -0.2) is 45.5 Å². The van der Waals surface area contributed by atoms with Crippen molar-refractivity contribution in [2.75, 3.05) is 19.0 Å². The normalized spacial score (nSPS) is 21.5. The van der Waals surface area contributed by atoms with Crippen LogP contribution in [0.15, 0.2) is 67.3 Å². The molecule has 8 nitrogen and oxygen atoms in total. The molecule has 1 fully saturated rings. The molecule has 0 unspecified atom stereocenters. The lowest BCUT2D eigenvalue weighted by atomic mass is 9.85. The summed E-state index contributed by atoms with van der Waals surface area (Å²) in [4.78, 5) is 21.4. The number of aromatic nitrogens is 3. The summed E-state index contributed by atoms with van der Waals surface area (Å²) >= 11 is 0. The van der Waals surface area contributed by atoms with E-state index in [9.17, 15) is 4.79 Å². The number of nitrogens with one attached hydrogen (secondary N) is 1. The van der Waals surface area contributed by atoms with Gasteiger partial charge in [0.15, 0.2) is 0 Å². The Morgan fingerprint density at radius 1 is 1.23 bits per heavy atom. The third kappa shape index (κ3) is 4.34. The number of hydrogen-bond donors (Lipinski definition) is 1. The quantitative estimate of drug-likeness (QED) is 0.649. The van der Waals surface area contributed by atoms with Crippen LogP contribution in [0.25, 0.3) is 0 Å². The van der Waals surface area contributed by atoms with E-state index in [1.807, 2.05) is 59.3 Å². The fourth-order valence-corrected chi connectivity index (χ4v) is 3.87. The maximum atomic E-state index is 11.1. The number of carbonyl (C=O) groups excluding carboxylic acids is 1. The molecule has 1 saturated heterocycles. The van der Waals surface area contributed by atoms with Gasteiger partial charge in [0.2, 0.25) is 5.91 Å². The summed E-state index contributed by atoms with van der Waals surface area (Å²) in [6.07, 6.45) is 3.89. The van der Waals surface area contributed by atoms with Crippen molar-refractivity contribution in [1.82, 2.24) is 19.8 Å². The Kier molecular flexibility index (Phi) is 5.78. The van der Waals surface area contributed by atoms with E-state index in [0.29, 0.717) is 13.2 Å². The number of anilines is 1. The van der Waals surface area contributed by atoms with Gasteiger partial charge in [-0.1, -0.05) is 30.3 Å². The van der Waals surface area contributed by atoms with Gasteiger partial charge in [-0.05, 0) is 29.8 Å². The van der Waals surface area contributed by atoms with Gasteiger partial charge < -0.3 is 10.1 Å². The van der Waals surface area contributed by atoms with Crippen molar-refractivity contribution in [3.05, 3.63) is 72.8 Å². The number of benzene rings is 2. The van der Waals surface area contributed by atoms with Crippen LogP contribution >= 0.6 is 0 Å². The van der Waals surface area contributed by atoms with Gasteiger partial charge in [0.05, 0.1) is 12.1 Å². The van der Waals surface area contributed by atoms with Crippen LogP contribution < -0.4 is 10.1 Å². The maximum Gasteiger partial charge on any atom is 0.221 e. The lowest BCUT2D eigenvalue weighted by Crippen LogP contribution is -2.41. The van der Waals surface area contributed by atoms with Crippen LogP contribution in [0, 0.1) is 0 Å². The van der Waals surface area contributed by atoms with E-state index in [2.05, 4.69) is 27.5 Å². The van der Waals surface area contributed by atoms with E-state index in [1.165, 1.54) is 6.92 Å². The third-order valence-corrected chi connectivity index (χ3v) is 5.29. The molecule has 1 aromatic heterocycles. The number of hydroxylamine groups is 2. The number of hydrogen-bond acceptors (Lipinski definition) is 6. The number of carbonyl (C=O) groups is 1. The SMILES string of the molecule is CC(=O)Nc1ccc(OC[C@@H]2C[C@@](Cn3cncn3)(c3ccccc3)N(C)O2)cc1. The highest BCUT2D eigenvalue weighted by atomic mass is 16.7. The zero-order valence-electron chi connectivity index (χ0n) is 17.1. The first-order valence-electron chi connectivity index (χ1n) is 9.84. The Bertz CT molecular complexity index is 962. The standard InChI is InChI=1S/C22H25N5O3/c1-17(28)25-19-8-10-20(11-9-19)29-13-21-12-22(26(2)30-21,14-27-16-23-15-24-27)18-6-4-3-5-7-18/h3-11,15-16,21H,12-14H2,1-2H3,(H,25,28)/t21-,22+/m0/s1. The van der Waals surface area contributed by atoms with Crippen molar-refractivity contribution in [2.45, 2.75) is 31.5 Å². The molecule has 1 aliphatic heterocycles. The minimum atomic E-state index is -0.377. The first-order valence-corrected chi connectivity index (χ1v) is 9.84. The molecule has 30 heavy (non-hydrogen) atoms. The van der Waals surface area contributed by atoms with Gasteiger partial charge in [0.1, 0.15) is 31.1 Å². The summed E-state index contributed by atoms with van der Waals surface area (Å²) in [5, 5.41) is 8.95. The van der Waals surface area contributed by atoms with Crippen LogP contribution in [0.4, 0.5) is 5.69 Å². The van der Waals surface area contributed by atoms with E-state index < -0.39 is 0 Å². The molecular formula is C22H25N5O3. The number of nitrogens with zero attached hydrogens (tertiary/aromatic N) is 4. The number of ether oxygens (including phenoxy) is 1. The minimum absolute atomic E-state index is 0.101. The molecule has 0 saturated carbocycles. The minimum Gasteiger partial charge on any atom is -0.491 e. The molecule has 3 aromatic rings. The molecule has 2 atom stereocenters. The zero-order valence-corrected chi connectivity index (χ0v) is 17.1. The molecule has 0 aliphatic carbocycles. The summed E-state index contributed by atoms with van der Waals surface area (Å²) in [7, 11) is 1.95. The first-order chi connectivity index (χ1) is 14.5. The van der Waals surface area contributed by atoms with Crippen LogP contribution in [0.2, 0.25) is 0 Å². The van der Waals surface area contributed by atoms with Crippen molar-refractivity contribution in [1.29, 1.82) is 0 Å². The van der Waals surface area contributed by atoms with Crippen LogP contribution in [0.5, 0.6) is 5.75 Å². The molecule has 4 rings (SSSR count). The van der Waals surface area contributed by atoms with Crippen molar-refractivity contribution in [2.24, 2.45) is 0 Å². The fourth-order valence-electron chi connectivity index (χ4n) is 3.87. The van der Waals surface area contributed by atoms with Gasteiger partial charge in [0, 0.05) is 26.1 Å². The van der Waals surface area contributed by atoms with Gasteiger partial charge in [-0.25, -0.2) is 4.98 Å². The van der Waals surface area contributed by atoms with E-state index in [0.717, 1.165) is 23.4 Å². The van der Waals surface area contributed by atoms with E-state index in [-0.39, 0.29) is 17.6 Å². The third-order valence-electron chi connectivity index (χ3n) is 5.29. The molecule has 0 spiro atoms. The Morgan fingerprint density at radius 2 is 2.00 bits per heavy atom. The highest BCUT2D eigenvalue weighted by Crippen LogP contribution is 2.41. The Hall–Kier alpha value is -3.23. The molecule has 1 N–H and O–H groups in total. The van der Waals surface area contributed by atoms with Gasteiger partial charge >= 0.3 is 0 Å². The molecule has 2 heterocycles. The number of amides is 1. The molecule has 8 heteroatoms. The predicted molar refractivity (Wildman–Crippen MR) is 112 cm³/mol. The average Bonchev–Trinajstić information content (AvgIpc) is 3.36. The first kappa shape index (κ1) is 20.1. The molecule has 0 bridgehead atoms. The summed E-state index contributed by atoms with van der Waals surface area (Å²) in [6, 6.07) is 17.6. The second kappa shape index (κ2) is 8.64. The molecular weight excluding hydrogens is 382 g/mol. The largest absolute Gasteiger partial charge is 0.491 e. The van der Waals surface area contributed by atoms with E-state index >= 15 is 0 Å². The molecule has 2 aromatic carbocycles. The van der Waals surface area contributed by atoms with E-state index in [1.54, 1.807) is 12.7 Å². The highest BCUT2D eigenvalue weighted by molar-refractivity contribution is 5.88. The van der Waals surface area contributed by atoms with Crippen molar-refractivity contribution in [3.8, 4) is 5.75 Å². The average molecular weight is 407 g/mol. The molecule has 156 valence electrons. The van der Waals surface area contributed by atoms with E-state index in [4.69, 9.17) is 9.57 Å². The second-order valence-corrected chi connectivity index (χ2v) is 7.44. The van der Waals surface area contributed by atoms with Crippen molar-refractivity contribution < 1.29 is 14.4 Å². The highest BCUT2D eigenvalue weighted by Gasteiger charge is 2.47. The molecule has 1 aliphatic rings. The van der Waals surface area contributed by atoms with Crippen LogP contribution in [0.1, 0.15) is 18.9 Å². The zero-order chi connectivity index (χ0) is 21.0. The van der Waals surface area contributed by atoms with Crippen molar-refractivity contribution >= 4 is 11.6 Å². The predicted octanol–water partition coefficient (Wildman–Crippen LogP) is 2.85. The Labute approximate surface area is 175 Å². The summed E-state index contributed by atoms with van der Waals surface area (Å²) < 4.78 is 7.79. The molecule has 1 amide bonds.